The Kier molecular flexibility index (Phi) is 5.82. The highest BCUT2D eigenvalue weighted by atomic mass is 19.4. The van der Waals surface area contributed by atoms with E-state index in [0.29, 0.717) is 23.7 Å². The maximum atomic E-state index is 14.6. The fraction of sp³-hybridized carbons (Fsp3) is 0.524. The largest absolute Gasteiger partial charge is 0.480 e. The molecule has 0 spiro atoms. The van der Waals surface area contributed by atoms with Crippen LogP contribution < -0.4 is 15.0 Å². The van der Waals surface area contributed by atoms with Gasteiger partial charge in [0.2, 0.25) is 5.95 Å². The van der Waals surface area contributed by atoms with Gasteiger partial charge in [0, 0.05) is 19.1 Å². The molecule has 0 aromatic carbocycles. The van der Waals surface area contributed by atoms with Gasteiger partial charge in [0.25, 0.3) is 0 Å². The highest BCUT2D eigenvalue weighted by molar-refractivity contribution is 5.57. The maximum Gasteiger partial charge on any atom is 0.433 e. The lowest BCUT2D eigenvalue weighted by Crippen LogP contribution is -2.48. The summed E-state index contributed by atoms with van der Waals surface area (Å²) in [5.74, 6) is -0.959. The first kappa shape index (κ1) is 24.3. The summed E-state index contributed by atoms with van der Waals surface area (Å²) >= 11 is 0. The Labute approximate surface area is 199 Å². The molecular formula is C21H20F7N7O. The van der Waals surface area contributed by atoms with E-state index < -0.39 is 41.9 Å². The Morgan fingerprint density at radius 1 is 1.06 bits per heavy atom. The number of pyridine rings is 1. The van der Waals surface area contributed by atoms with Gasteiger partial charge >= 0.3 is 12.4 Å². The molecule has 2 bridgehead atoms. The standard InChI is InChI=1S/C21H20F7N7O/c1-10-15(22)18(30-9-29-10)34-6-11-2-3-12(7-34)16(11)31-19-32-17-13(36-8-20(23,24)25)4-5-14(21(26,27)28)35(17)33-19/h4-5,9,11-12,16H,2-3,6-8H2,1H3,(H,31,33)/t11-,12+,16?. The van der Waals surface area contributed by atoms with Gasteiger partial charge < -0.3 is 15.0 Å². The summed E-state index contributed by atoms with van der Waals surface area (Å²) in [5.41, 5.74) is -1.46. The molecule has 3 aromatic rings. The summed E-state index contributed by atoms with van der Waals surface area (Å²) in [6.45, 7) is 0.747. The van der Waals surface area contributed by atoms with E-state index in [4.69, 9.17) is 4.74 Å². The van der Waals surface area contributed by atoms with Crippen molar-refractivity contribution in [1.82, 2.24) is 24.6 Å². The Hall–Kier alpha value is -3.39. The first-order valence-electron chi connectivity index (χ1n) is 11.1. The predicted octanol–water partition coefficient (Wildman–Crippen LogP) is 4.25. The molecule has 4 heterocycles. The van der Waals surface area contributed by atoms with Gasteiger partial charge in [-0.3, -0.25) is 0 Å². The van der Waals surface area contributed by atoms with Crippen molar-refractivity contribution in [1.29, 1.82) is 0 Å². The van der Waals surface area contributed by atoms with Gasteiger partial charge in [0.05, 0.1) is 5.69 Å². The first-order chi connectivity index (χ1) is 16.9. The van der Waals surface area contributed by atoms with Crippen LogP contribution in [0.25, 0.3) is 5.65 Å². The van der Waals surface area contributed by atoms with Crippen molar-refractivity contribution in [2.24, 2.45) is 11.8 Å². The number of hydrogen-bond acceptors (Lipinski definition) is 7. The number of alkyl halides is 6. The van der Waals surface area contributed by atoms with Gasteiger partial charge in [-0.1, -0.05) is 0 Å². The van der Waals surface area contributed by atoms with E-state index in [0.717, 1.165) is 18.9 Å². The summed E-state index contributed by atoms with van der Waals surface area (Å²) < 4.78 is 98.1. The molecule has 1 unspecified atom stereocenters. The molecule has 36 heavy (non-hydrogen) atoms. The first-order valence-corrected chi connectivity index (χ1v) is 11.1. The monoisotopic (exact) mass is 519 g/mol. The van der Waals surface area contributed by atoms with Gasteiger partial charge in [-0.15, -0.1) is 5.10 Å². The zero-order valence-electron chi connectivity index (χ0n) is 18.7. The van der Waals surface area contributed by atoms with E-state index in [1.807, 2.05) is 4.90 Å². The van der Waals surface area contributed by atoms with E-state index in [-0.39, 0.29) is 35.3 Å². The van der Waals surface area contributed by atoms with E-state index >= 15 is 0 Å². The Bertz CT molecular complexity index is 1260. The fourth-order valence-electron chi connectivity index (χ4n) is 4.93. The average Bonchev–Trinajstić information content (AvgIpc) is 3.29. The molecule has 15 heteroatoms. The number of nitrogens with zero attached hydrogens (tertiary/aromatic N) is 6. The predicted molar refractivity (Wildman–Crippen MR) is 112 cm³/mol. The molecule has 1 aliphatic heterocycles. The van der Waals surface area contributed by atoms with Crippen molar-refractivity contribution in [3.8, 4) is 5.75 Å². The molecular weight excluding hydrogens is 499 g/mol. The second-order valence-corrected chi connectivity index (χ2v) is 8.92. The number of fused-ring (bicyclic) bond motifs is 3. The summed E-state index contributed by atoms with van der Waals surface area (Å²) in [6, 6.07) is 1.17. The molecule has 194 valence electrons. The lowest BCUT2D eigenvalue weighted by molar-refractivity contribution is -0.153. The number of anilines is 2. The molecule has 3 atom stereocenters. The van der Waals surface area contributed by atoms with Crippen molar-refractivity contribution in [2.75, 3.05) is 29.9 Å². The molecule has 3 aromatic heterocycles. The summed E-state index contributed by atoms with van der Waals surface area (Å²) in [6.07, 6.45) is -6.65. The van der Waals surface area contributed by atoms with Crippen LogP contribution in [0.1, 0.15) is 24.2 Å². The highest BCUT2D eigenvalue weighted by Gasteiger charge is 2.44. The van der Waals surface area contributed by atoms with Crippen LogP contribution in [-0.4, -0.2) is 56.5 Å². The van der Waals surface area contributed by atoms with Gasteiger partial charge in [-0.2, -0.15) is 31.3 Å². The minimum atomic E-state index is -4.82. The lowest BCUT2D eigenvalue weighted by Gasteiger charge is -2.38. The lowest BCUT2D eigenvalue weighted by atomic mass is 9.92. The van der Waals surface area contributed by atoms with E-state index in [1.165, 1.54) is 6.33 Å². The summed E-state index contributed by atoms with van der Waals surface area (Å²) in [4.78, 5) is 13.8. The molecule has 0 radical (unpaired) electrons. The second kappa shape index (κ2) is 8.62. The zero-order valence-corrected chi connectivity index (χ0v) is 18.7. The van der Waals surface area contributed by atoms with Crippen LogP contribution in [0, 0.1) is 24.6 Å². The molecule has 1 saturated carbocycles. The van der Waals surface area contributed by atoms with Gasteiger partial charge in [0.15, 0.2) is 29.6 Å². The smallest absolute Gasteiger partial charge is 0.433 e. The van der Waals surface area contributed by atoms with E-state index in [1.54, 1.807) is 6.92 Å². The number of aryl methyl sites for hydroxylation is 1. The summed E-state index contributed by atoms with van der Waals surface area (Å²) in [7, 11) is 0. The maximum absolute atomic E-state index is 14.6. The number of ether oxygens (including phenoxy) is 1. The zero-order chi connectivity index (χ0) is 25.8. The summed E-state index contributed by atoms with van der Waals surface area (Å²) in [5, 5.41) is 6.96. The Morgan fingerprint density at radius 2 is 1.75 bits per heavy atom. The van der Waals surface area contributed by atoms with Crippen LogP contribution in [0.3, 0.4) is 0 Å². The molecule has 8 nitrogen and oxygen atoms in total. The minimum Gasteiger partial charge on any atom is -0.480 e. The molecule has 2 aliphatic rings. The third kappa shape index (κ3) is 4.57. The SMILES string of the molecule is Cc1ncnc(N2C[C@H]3CC[C@@H](C2)C3Nc2nc3c(OCC(F)(F)F)ccc(C(F)(F)F)n3n2)c1F. The van der Waals surface area contributed by atoms with Crippen LogP contribution >= 0.6 is 0 Å². The molecule has 1 N–H and O–H groups in total. The van der Waals surface area contributed by atoms with Crippen molar-refractivity contribution in [3.05, 3.63) is 35.7 Å². The minimum absolute atomic E-state index is 0.00642. The molecule has 0 amide bonds. The van der Waals surface area contributed by atoms with Crippen LogP contribution in [0.2, 0.25) is 0 Å². The van der Waals surface area contributed by atoms with Gasteiger partial charge in [0.1, 0.15) is 12.0 Å². The number of nitrogens with one attached hydrogen (secondary N) is 1. The number of rotatable bonds is 5. The molecule has 5 rings (SSSR count). The Morgan fingerprint density at radius 3 is 2.39 bits per heavy atom. The van der Waals surface area contributed by atoms with E-state index in [2.05, 4.69) is 25.4 Å². The van der Waals surface area contributed by atoms with Crippen LogP contribution in [-0.2, 0) is 6.18 Å². The normalized spacial score (nSPS) is 22.3. The average molecular weight is 519 g/mol. The highest BCUT2D eigenvalue weighted by Crippen LogP contribution is 2.40. The third-order valence-corrected chi connectivity index (χ3v) is 6.50. The van der Waals surface area contributed by atoms with E-state index in [9.17, 15) is 30.7 Å². The number of halogens is 7. The Balaban J connectivity index is 1.41. The number of hydrogen-bond donors (Lipinski definition) is 1. The van der Waals surface area contributed by atoms with Crippen LogP contribution in [0.4, 0.5) is 42.5 Å². The van der Waals surface area contributed by atoms with Crippen molar-refractivity contribution in [2.45, 2.75) is 38.2 Å². The van der Waals surface area contributed by atoms with Crippen LogP contribution in [0.5, 0.6) is 5.75 Å². The van der Waals surface area contributed by atoms with Gasteiger partial charge in [-0.05, 0) is 43.7 Å². The third-order valence-electron chi connectivity index (χ3n) is 6.50. The number of aromatic nitrogens is 5. The molecule has 1 saturated heterocycles. The molecule has 2 fully saturated rings. The van der Waals surface area contributed by atoms with Gasteiger partial charge in [-0.25, -0.2) is 18.9 Å². The number of piperidine rings is 1. The molecule has 1 aliphatic carbocycles. The topological polar surface area (TPSA) is 80.5 Å². The van der Waals surface area contributed by atoms with Crippen molar-refractivity contribution in [3.63, 3.8) is 0 Å². The fourth-order valence-corrected chi connectivity index (χ4v) is 4.93. The quantitative estimate of drug-likeness (QED) is 0.505. The van der Waals surface area contributed by atoms with Crippen LogP contribution in [0.15, 0.2) is 18.5 Å². The van der Waals surface area contributed by atoms with Crippen molar-refractivity contribution >= 4 is 17.4 Å². The second-order valence-electron chi connectivity index (χ2n) is 8.92. The van der Waals surface area contributed by atoms with Crippen molar-refractivity contribution < 1.29 is 35.5 Å².